The van der Waals surface area contributed by atoms with Crippen LogP contribution in [0.15, 0.2) is 0 Å². The molecule has 0 spiro atoms. The average Bonchev–Trinajstić information content (AvgIpc) is 0.984. The fourth-order valence-corrected chi connectivity index (χ4v) is 15.0. The van der Waals surface area contributed by atoms with Crippen LogP contribution in [-0.4, -0.2) is 96.7 Å². The molecule has 0 aliphatic rings. The quantitative estimate of drug-likeness (QED) is 0.0222. The van der Waals surface area contributed by atoms with Crippen molar-refractivity contribution in [1.82, 2.24) is 0 Å². The van der Waals surface area contributed by atoms with Gasteiger partial charge in [0.2, 0.25) is 0 Å². The Morgan fingerprint density at radius 1 is 0.276 bits per heavy atom. The van der Waals surface area contributed by atoms with Crippen LogP contribution in [0.5, 0.6) is 0 Å². The molecule has 3 unspecified atom stereocenters. The Kier molecular flexibility index (Phi) is 76.0. The normalized spacial score (nSPS) is 14.1. The van der Waals surface area contributed by atoms with E-state index in [1.807, 2.05) is 0 Å². The monoisotopic (exact) mass is 1540 g/mol. The second-order valence-electron chi connectivity index (χ2n) is 31.6. The molecule has 105 heavy (non-hydrogen) atoms. The zero-order valence-electron chi connectivity index (χ0n) is 69.0. The van der Waals surface area contributed by atoms with Crippen molar-refractivity contribution in [2.45, 2.75) is 477 Å². The highest BCUT2D eigenvalue weighted by Gasteiger charge is 2.30. The lowest BCUT2D eigenvalue weighted by Gasteiger charge is -2.21. The summed E-state index contributed by atoms with van der Waals surface area (Å²) in [4.78, 5) is 73.2. The Bertz CT molecular complexity index is 2010. The fraction of sp³-hybridized carbons (Fsp3) is 0.953. The van der Waals surface area contributed by atoms with E-state index in [9.17, 15) is 43.2 Å². The van der Waals surface area contributed by atoms with Crippen LogP contribution < -0.4 is 0 Å². The molecule has 0 aromatic heterocycles. The van der Waals surface area contributed by atoms with E-state index in [-0.39, 0.29) is 25.7 Å². The van der Waals surface area contributed by atoms with Crippen LogP contribution in [0, 0.1) is 11.8 Å². The molecule has 17 nitrogen and oxygen atoms in total. The maximum absolute atomic E-state index is 13.1. The van der Waals surface area contributed by atoms with E-state index in [0.29, 0.717) is 31.6 Å². The number of aliphatic hydroxyl groups is 1. The number of carbonyl (C=O) groups is 4. The van der Waals surface area contributed by atoms with E-state index in [1.165, 1.54) is 270 Å². The van der Waals surface area contributed by atoms with Gasteiger partial charge in [-0.15, -0.1) is 0 Å². The zero-order valence-corrected chi connectivity index (χ0v) is 70.8. The van der Waals surface area contributed by atoms with Gasteiger partial charge in [-0.3, -0.25) is 37.3 Å². The van der Waals surface area contributed by atoms with Crippen LogP contribution in [0.1, 0.15) is 459 Å². The van der Waals surface area contributed by atoms with Gasteiger partial charge >= 0.3 is 39.5 Å². The van der Waals surface area contributed by atoms with Gasteiger partial charge in [-0.05, 0) is 37.5 Å². The number of ether oxygens (including phenoxy) is 4. The number of phosphoric ester groups is 2. The minimum Gasteiger partial charge on any atom is -0.462 e. The van der Waals surface area contributed by atoms with E-state index in [2.05, 4.69) is 41.5 Å². The van der Waals surface area contributed by atoms with Crippen molar-refractivity contribution < 1.29 is 80.2 Å². The van der Waals surface area contributed by atoms with Crippen molar-refractivity contribution in [2.75, 3.05) is 39.6 Å². The highest BCUT2D eigenvalue weighted by molar-refractivity contribution is 7.47. The summed E-state index contributed by atoms with van der Waals surface area (Å²) in [5.41, 5.74) is 0. The predicted octanol–water partition coefficient (Wildman–Crippen LogP) is 26.2. The minimum atomic E-state index is -4.97. The summed E-state index contributed by atoms with van der Waals surface area (Å²) in [5.74, 6) is -0.548. The third-order valence-electron chi connectivity index (χ3n) is 20.6. The van der Waals surface area contributed by atoms with Gasteiger partial charge in [-0.2, -0.15) is 0 Å². The Labute approximate surface area is 645 Å². The van der Waals surface area contributed by atoms with Crippen LogP contribution >= 0.6 is 15.6 Å². The highest BCUT2D eigenvalue weighted by Crippen LogP contribution is 2.45. The first-order chi connectivity index (χ1) is 50.9. The summed E-state index contributed by atoms with van der Waals surface area (Å²) >= 11 is 0. The first-order valence-electron chi connectivity index (χ1n) is 44.5. The third-order valence-corrected chi connectivity index (χ3v) is 22.5. The zero-order chi connectivity index (χ0) is 77.1. The summed E-state index contributed by atoms with van der Waals surface area (Å²) in [5, 5.41) is 10.7. The number of hydrogen-bond acceptors (Lipinski definition) is 15. The molecule has 0 aliphatic carbocycles. The van der Waals surface area contributed by atoms with Gasteiger partial charge in [0.25, 0.3) is 0 Å². The lowest BCUT2D eigenvalue weighted by atomic mass is 9.99. The van der Waals surface area contributed by atoms with E-state index >= 15 is 0 Å². The van der Waals surface area contributed by atoms with Gasteiger partial charge in [0.15, 0.2) is 12.2 Å². The molecule has 0 bridgehead atoms. The highest BCUT2D eigenvalue weighted by atomic mass is 31.2. The first kappa shape index (κ1) is 103. The van der Waals surface area contributed by atoms with Gasteiger partial charge < -0.3 is 33.8 Å². The molecule has 624 valence electrons. The van der Waals surface area contributed by atoms with E-state index in [0.717, 1.165) is 102 Å². The van der Waals surface area contributed by atoms with Crippen LogP contribution in [-0.2, 0) is 65.4 Å². The van der Waals surface area contributed by atoms with Crippen molar-refractivity contribution in [3.8, 4) is 0 Å². The molecule has 19 heteroatoms. The van der Waals surface area contributed by atoms with Crippen LogP contribution in [0.2, 0.25) is 0 Å². The molecular formula is C86H168O17P2. The molecule has 0 aliphatic heterocycles. The van der Waals surface area contributed by atoms with Crippen molar-refractivity contribution in [3.63, 3.8) is 0 Å². The SMILES string of the molecule is CCCCCCCCCCCCCCCCCCCCCCC(=O)O[C@H](COC(=O)CCCCCCCCCCCCCCCCC(C)CC)COP(=O)(O)OC[C@@H](O)COP(=O)(O)OC[C@@H](COC(=O)CCCCCCCCCC(C)C)OC(=O)CCCCCCCCCCCCCCCCCCC. The minimum absolute atomic E-state index is 0.108. The van der Waals surface area contributed by atoms with Gasteiger partial charge in [0.1, 0.15) is 19.3 Å². The molecule has 0 rings (SSSR count). The molecule has 3 N–H and O–H groups in total. The summed E-state index contributed by atoms with van der Waals surface area (Å²) in [6.07, 6.45) is 69.5. The molecule has 6 atom stereocenters. The van der Waals surface area contributed by atoms with E-state index in [4.69, 9.17) is 37.0 Å². The lowest BCUT2D eigenvalue weighted by Crippen LogP contribution is -2.30. The smallest absolute Gasteiger partial charge is 0.462 e. The number of unbranched alkanes of at least 4 members (excludes halogenated alkanes) is 54. The number of hydrogen-bond donors (Lipinski definition) is 3. The maximum atomic E-state index is 13.1. The molecule has 0 aromatic rings. The van der Waals surface area contributed by atoms with Gasteiger partial charge in [-0.25, -0.2) is 9.13 Å². The Morgan fingerprint density at radius 2 is 0.486 bits per heavy atom. The Balaban J connectivity index is 5.23. The van der Waals surface area contributed by atoms with Crippen molar-refractivity contribution >= 4 is 39.5 Å². The van der Waals surface area contributed by atoms with Crippen molar-refractivity contribution in [2.24, 2.45) is 11.8 Å². The number of aliphatic hydroxyl groups excluding tert-OH is 1. The average molecular weight is 1540 g/mol. The van der Waals surface area contributed by atoms with Gasteiger partial charge in [-0.1, -0.05) is 408 Å². The van der Waals surface area contributed by atoms with Gasteiger partial charge in [0.05, 0.1) is 26.4 Å². The van der Waals surface area contributed by atoms with Crippen LogP contribution in [0.4, 0.5) is 0 Å². The fourth-order valence-electron chi connectivity index (χ4n) is 13.4. The van der Waals surface area contributed by atoms with Crippen molar-refractivity contribution in [1.29, 1.82) is 0 Å². The second-order valence-corrected chi connectivity index (χ2v) is 34.6. The Hall–Kier alpha value is -1.94. The van der Waals surface area contributed by atoms with Gasteiger partial charge in [0, 0.05) is 25.7 Å². The molecule has 0 amide bonds. The maximum Gasteiger partial charge on any atom is 0.472 e. The molecular weight excluding hydrogens is 1370 g/mol. The van der Waals surface area contributed by atoms with E-state index < -0.39 is 97.5 Å². The van der Waals surface area contributed by atoms with Crippen molar-refractivity contribution in [3.05, 3.63) is 0 Å². The second kappa shape index (κ2) is 77.4. The van der Waals surface area contributed by atoms with Crippen LogP contribution in [0.25, 0.3) is 0 Å². The topological polar surface area (TPSA) is 237 Å². The number of rotatable bonds is 85. The number of esters is 4. The molecule has 0 fully saturated rings. The molecule has 0 saturated carbocycles. The standard InChI is InChI=1S/C86H168O17P2/c1-7-10-12-14-16-18-20-22-24-26-27-28-30-32-38-42-46-52-59-65-70-85(90)102-81(74-96-83(88)68-62-56-50-44-40-36-34-33-35-39-43-49-55-61-67-79(6)9-3)76-100-104(92,93)98-72-80(87)73-99-105(94,95)101-77-82(75-97-84(89)69-63-57-53-47-48-54-60-66-78(4)5)103-86(91)71-64-58-51-45-41-37-31-29-25-23-21-19-17-15-13-11-8-2/h78-82,87H,7-77H2,1-6H3,(H,92,93)(H,94,95)/t79?,80-,81-,82-/m1/s1. The molecule has 0 aromatic carbocycles. The summed E-state index contributed by atoms with van der Waals surface area (Å²) < 4.78 is 68.9. The van der Waals surface area contributed by atoms with E-state index in [1.54, 1.807) is 0 Å². The Morgan fingerprint density at radius 3 is 0.724 bits per heavy atom. The summed E-state index contributed by atoms with van der Waals surface area (Å²) in [6, 6.07) is 0. The summed E-state index contributed by atoms with van der Waals surface area (Å²) in [7, 11) is -9.93. The number of phosphoric acid groups is 2. The molecule has 0 saturated heterocycles. The summed E-state index contributed by atoms with van der Waals surface area (Å²) in [6.45, 7) is 9.67. The lowest BCUT2D eigenvalue weighted by molar-refractivity contribution is -0.161. The molecule has 0 radical (unpaired) electrons. The molecule has 0 heterocycles. The predicted molar refractivity (Wildman–Crippen MR) is 432 cm³/mol. The third kappa shape index (κ3) is 78.5. The first-order valence-corrected chi connectivity index (χ1v) is 47.5. The largest absolute Gasteiger partial charge is 0.472 e. The van der Waals surface area contributed by atoms with Crippen LogP contribution in [0.3, 0.4) is 0 Å². The number of carbonyl (C=O) groups excluding carboxylic acids is 4.